The van der Waals surface area contributed by atoms with E-state index < -0.39 is 0 Å². The van der Waals surface area contributed by atoms with Crippen LogP contribution in [0.4, 0.5) is 0 Å². The minimum Gasteiger partial charge on any atom is -0.396 e. The molecule has 1 N–H and O–H groups in total. The second kappa shape index (κ2) is 10.7. The molecule has 19 heavy (non-hydrogen) atoms. The molecule has 1 nitrogen and oxygen atoms in total. The highest BCUT2D eigenvalue weighted by Gasteiger charge is 2.17. The molecular weight excluding hydrogens is 232 g/mol. The summed E-state index contributed by atoms with van der Waals surface area (Å²) in [6.07, 6.45) is 7.72. The normalized spacial score (nSPS) is 16.9. The monoisotopic (exact) mass is 270 g/mol. The van der Waals surface area contributed by atoms with Crippen LogP contribution in [-0.2, 0) is 0 Å². The summed E-state index contributed by atoms with van der Waals surface area (Å²) in [7, 11) is 0. The van der Waals surface area contributed by atoms with Crippen LogP contribution in [0.15, 0.2) is 0 Å². The molecule has 0 saturated heterocycles. The summed E-state index contributed by atoms with van der Waals surface area (Å²) in [4.78, 5) is 0. The Balaban J connectivity index is 3.91. The summed E-state index contributed by atoms with van der Waals surface area (Å²) in [5.41, 5.74) is 0. The summed E-state index contributed by atoms with van der Waals surface area (Å²) >= 11 is 0. The summed E-state index contributed by atoms with van der Waals surface area (Å²) in [5.74, 6) is 3.60. The predicted molar refractivity (Wildman–Crippen MR) is 86.3 cm³/mol. The molecule has 3 unspecified atom stereocenters. The topological polar surface area (TPSA) is 20.2 Å². The van der Waals surface area contributed by atoms with Gasteiger partial charge in [0.15, 0.2) is 0 Å². The predicted octanol–water partition coefficient (Wildman–Crippen LogP) is 5.52. The Bertz CT molecular complexity index is 198. The van der Waals surface area contributed by atoms with Gasteiger partial charge in [-0.2, -0.15) is 0 Å². The van der Waals surface area contributed by atoms with Gasteiger partial charge in [0.1, 0.15) is 0 Å². The smallest absolute Gasteiger partial charge is 0.0461 e. The van der Waals surface area contributed by atoms with E-state index in [0.29, 0.717) is 18.4 Å². The largest absolute Gasteiger partial charge is 0.396 e. The number of aliphatic hydroxyl groups is 1. The zero-order valence-electron chi connectivity index (χ0n) is 14.3. The van der Waals surface area contributed by atoms with E-state index in [4.69, 9.17) is 0 Å². The van der Waals surface area contributed by atoms with E-state index >= 15 is 0 Å². The Morgan fingerprint density at radius 2 is 1.37 bits per heavy atom. The van der Waals surface area contributed by atoms with Crippen LogP contribution in [0.3, 0.4) is 0 Å². The zero-order valence-corrected chi connectivity index (χ0v) is 14.3. The molecule has 0 bridgehead atoms. The average molecular weight is 271 g/mol. The van der Waals surface area contributed by atoms with Gasteiger partial charge in [-0.15, -0.1) is 0 Å². The molecule has 0 aromatic heterocycles. The molecule has 0 aliphatic heterocycles. The molecule has 0 amide bonds. The van der Waals surface area contributed by atoms with Gasteiger partial charge in [-0.3, -0.25) is 0 Å². The summed E-state index contributed by atoms with van der Waals surface area (Å²) in [5, 5.41) is 9.60. The van der Waals surface area contributed by atoms with Gasteiger partial charge >= 0.3 is 0 Å². The van der Waals surface area contributed by atoms with Crippen molar-refractivity contribution in [3.05, 3.63) is 0 Å². The molecule has 116 valence electrons. The number of hydrogen-bond donors (Lipinski definition) is 1. The molecule has 3 atom stereocenters. The van der Waals surface area contributed by atoms with Crippen molar-refractivity contribution in [1.82, 2.24) is 0 Å². The maximum Gasteiger partial charge on any atom is 0.0461 e. The molecule has 0 aliphatic carbocycles. The van der Waals surface area contributed by atoms with E-state index in [1.807, 2.05) is 0 Å². The summed E-state index contributed by atoms with van der Waals surface area (Å²) in [6, 6.07) is 0. The van der Waals surface area contributed by atoms with Gasteiger partial charge < -0.3 is 5.11 Å². The number of hydrogen-bond acceptors (Lipinski definition) is 1. The van der Waals surface area contributed by atoms with Gasteiger partial charge in [-0.25, -0.2) is 0 Å². The van der Waals surface area contributed by atoms with E-state index in [2.05, 4.69) is 41.5 Å². The Kier molecular flexibility index (Phi) is 10.7. The maximum atomic E-state index is 9.60. The van der Waals surface area contributed by atoms with E-state index in [1.54, 1.807) is 0 Å². The first-order valence-electron chi connectivity index (χ1n) is 8.47. The highest BCUT2D eigenvalue weighted by molar-refractivity contribution is 4.68. The highest BCUT2D eigenvalue weighted by atomic mass is 16.3. The van der Waals surface area contributed by atoms with Gasteiger partial charge in [0.05, 0.1) is 0 Å². The molecule has 0 radical (unpaired) electrons. The van der Waals surface area contributed by atoms with Gasteiger partial charge in [-0.05, 0) is 42.4 Å². The van der Waals surface area contributed by atoms with Crippen molar-refractivity contribution < 1.29 is 5.11 Å². The molecule has 0 aromatic carbocycles. The second-order valence-electron chi connectivity index (χ2n) is 7.56. The lowest BCUT2D eigenvalue weighted by molar-refractivity contribution is 0.157. The van der Waals surface area contributed by atoms with Crippen LogP contribution in [-0.4, -0.2) is 11.7 Å². The summed E-state index contributed by atoms with van der Waals surface area (Å²) in [6.45, 7) is 14.2. The lowest BCUT2D eigenvalue weighted by atomic mass is 9.83. The number of rotatable bonds is 11. The summed E-state index contributed by atoms with van der Waals surface area (Å²) < 4.78 is 0. The standard InChI is InChI=1S/C18H38O/c1-14(2)8-7-9-17(6)18(13-19)11-10-16(5)12-15(3)4/h14-19H,7-13H2,1-6H3. The fourth-order valence-corrected chi connectivity index (χ4v) is 3.06. The van der Waals surface area contributed by atoms with Crippen LogP contribution < -0.4 is 0 Å². The first-order chi connectivity index (χ1) is 8.86. The van der Waals surface area contributed by atoms with Crippen molar-refractivity contribution in [1.29, 1.82) is 0 Å². The lowest BCUT2D eigenvalue weighted by Crippen LogP contribution is -2.17. The van der Waals surface area contributed by atoms with Crippen molar-refractivity contribution in [3.8, 4) is 0 Å². The molecular formula is C18H38O. The molecule has 0 fully saturated rings. The first-order valence-corrected chi connectivity index (χ1v) is 8.47. The van der Waals surface area contributed by atoms with E-state index in [-0.39, 0.29) is 0 Å². The Morgan fingerprint density at radius 3 is 1.84 bits per heavy atom. The molecule has 0 saturated carbocycles. The quantitative estimate of drug-likeness (QED) is 0.524. The van der Waals surface area contributed by atoms with Crippen LogP contribution in [0.2, 0.25) is 0 Å². The zero-order chi connectivity index (χ0) is 14.8. The molecule has 0 aliphatic rings. The Hall–Kier alpha value is -0.0400. The molecule has 0 aromatic rings. The first kappa shape index (κ1) is 19.0. The maximum absolute atomic E-state index is 9.60. The van der Waals surface area contributed by atoms with Crippen molar-refractivity contribution in [3.63, 3.8) is 0 Å². The SMILES string of the molecule is CC(C)CCCC(C)C(CO)CCC(C)CC(C)C. The fourth-order valence-electron chi connectivity index (χ4n) is 3.06. The highest BCUT2D eigenvalue weighted by Crippen LogP contribution is 2.26. The van der Waals surface area contributed by atoms with Crippen LogP contribution in [0.25, 0.3) is 0 Å². The van der Waals surface area contributed by atoms with Gasteiger partial charge in [0.2, 0.25) is 0 Å². The minimum atomic E-state index is 0.372. The van der Waals surface area contributed by atoms with Gasteiger partial charge in [-0.1, -0.05) is 67.2 Å². The van der Waals surface area contributed by atoms with Gasteiger partial charge in [0, 0.05) is 6.61 Å². The van der Waals surface area contributed by atoms with Crippen molar-refractivity contribution in [2.24, 2.45) is 29.6 Å². The lowest BCUT2D eigenvalue weighted by Gasteiger charge is -2.24. The number of aliphatic hydroxyl groups excluding tert-OH is 1. The van der Waals surface area contributed by atoms with E-state index in [0.717, 1.165) is 17.8 Å². The Morgan fingerprint density at radius 1 is 0.737 bits per heavy atom. The molecule has 0 heterocycles. The minimum absolute atomic E-state index is 0.372. The fraction of sp³-hybridized carbons (Fsp3) is 1.00. The average Bonchev–Trinajstić information content (AvgIpc) is 2.28. The van der Waals surface area contributed by atoms with Crippen molar-refractivity contribution in [2.75, 3.05) is 6.61 Å². The van der Waals surface area contributed by atoms with Crippen LogP contribution in [0, 0.1) is 29.6 Å². The van der Waals surface area contributed by atoms with Crippen LogP contribution in [0.1, 0.15) is 80.1 Å². The third-order valence-corrected chi connectivity index (χ3v) is 4.38. The third-order valence-electron chi connectivity index (χ3n) is 4.38. The second-order valence-corrected chi connectivity index (χ2v) is 7.56. The molecule has 0 spiro atoms. The van der Waals surface area contributed by atoms with E-state index in [1.165, 1.54) is 38.5 Å². The van der Waals surface area contributed by atoms with Crippen molar-refractivity contribution >= 4 is 0 Å². The molecule has 1 heteroatoms. The third kappa shape index (κ3) is 10.4. The van der Waals surface area contributed by atoms with Gasteiger partial charge in [0.25, 0.3) is 0 Å². The van der Waals surface area contributed by atoms with Crippen LogP contribution >= 0.6 is 0 Å². The van der Waals surface area contributed by atoms with Crippen molar-refractivity contribution in [2.45, 2.75) is 80.1 Å². The Labute approximate surface area is 122 Å². The molecule has 0 rings (SSSR count). The van der Waals surface area contributed by atoms with E-state index in [9.17, 15) is 5.11 Å². The van der Waals surface area contributed by atoms with Crippen LogP contribution in [0.5, 0.6) is 0 Å².